The van der Waals surface area contributed by atoms with Crippen LogP contribution < -0.4 is 10.2 Å². The largest absolute Gasteiger partial charge is 0.359 e. The van der Waals surface area contributed by atoms with E-state index in [1.165, 1.54) is 25.2 Å². The van der Waals surface area contributed by atoms with Crippen molar-refractivity contribution in [3.05, 3.63) is 29.6 Å². The molecule has 0 atom stereocenters. The van der Waals surface area contributed by atoms with Gasteiger partial charge in [-0.1, -0.05) is 13.0 Å². The number of benzene rings is 1. The molecule has 1 aromatic rings. The zero-order valence-corrected chi connectivity index (χ0v) is 10.6. The smallest absolute Gasteiger partial charge is 0.239 e. The van der Waals surface area contributed by atoms with E-state index in [1.54, 1.807) is 4.90 Å². The zero-order chi connectivity index (χ0) is 13.5. The Bertz CT molecular complexity index is 435. The maximum Gasteiger partial charge on any atom is 0.239 e. The summed E-state index contributed by atoms with van der Waals surface area (Å²) in [6.07, 6.45) is 1.36. The van der Waals surface area contributed by atoms with Crippen LogP contribution in [0.3, 0.4) is 0 Å². The van der Waals surface area contributed by atoms with E-state index in [1.807, 2.05) is 6.92 Å². The Labute approximate surface area is 106 Å². The van der Waals surface area contributed by atoms with Gasteiger partial charge in [-0.05, 0) is 18.6 Å². The molecule has 0 saturated carbocycles. The van der Waals surface area contributed by atoms with Gasteiger partial charge in [-0.2, -0.15) is 0 Å². The third-order valence-corrected chi connectivity index (χ3v) is 2.57. The van der Waals surface area contributed by atoms with Crippen LogP contribution in [0.15, 0.2) is 18.2 Å². The molecule has 0 unspecified atom stereocenters. The first kappa shape index (κ1) is 14.2. The Morgan fingerprint density at radius 1 is 1.50 bits per heavy atom. The number of nitrogens with one attached hydrogen (secondary N) is 1. The Morgan fingerprint density at radius 2 is 2.22 bits per heavy atom. The summed E-state index contributed by atoms with van der Waals surface area (Å²) in [5, 5.41) is 2.49. The van der Waals surface area contributed by atoms with E-state index < -0.39 is 5.82 Å². The van der Waals surface area contributed by atoms with Crippen molar-refractivity contribution in [1.29, 1.82) is 0 Å². The number of aldehydes is 1. The minimum Gasteiger partial charge on any atom is -0.359 e. The lowest BCUT2D eigenvalue weighted by Gasteiger charge is -2.25. The first-order valence-electron chi connectivity index (χ1n) is 5.83. The molecular formula is C13H17FN2O2. The standard InChI is InChI=1S/C13H17FN2O2/c1-3-7-16(8-12(18)15-2)13-10(9-17)5-4-6-11(13)14/h4-6,9H,3,7-8H2,1-2H3,(H,15,18). The van der Waals surface area contributed by atoms with E-state index in [9.17, 15) is 14.0 Å². The predicted molar refractivity (Wildman–Crippen MR) is 68.4 cm³/mol. The summed E-state index contributed by atoms with van der Waals surface area (Å²) in [4.78, 5) is 23.9. The Morgan fingerprint density at radius 3 is 2.78 bits per heavy atom. The van der Waals surface area contributed by atoms with Gasteiger partial charge < -0.3 is 10.2 Å². The number of carbonyl (C=O) groups excluding carboxylic acids is 2. The molecule has 0 aliphatic heterocycles. The van der Waals surface area contributed by atoms with E-state index in [4.69, 9.17) is 0 Å². The van der Waals surface area contributed by atoms with Gasteiger partial charge in [0.25, 0.3) is 0 Å². The molecule has 1 rings (SSSR count). The minimum atomic E-state index is -0.489. The van der Waals surface area contributed by atoms with Crippen molar-refractivity contribution in [2.75, 3.05) is 25.0 Å². The molecule has 4 nitrogen and oxygen atoms in total. The molecule has 0 saturated heterocycles. The van der Waals surface area contributed by atoms with Gasteiger partial charge in [0.15, 0.2) is 6.29 Å². The fourth-order valence-electron chi connectivity index (χ4n) is 1.75. The highest BCUT2D eigenvalue weighted by Crippen LogP contribution is 2.23. The molecule has 0 aromatic heterocycles. The molecule has 5 heteroatoms. The van der Waals surface area contributed by atoms with E-state index in [-0.39, 0.29) is 23.7 Å². The predicted octanol–water partition coefficient (Wildman–Crippen LogP) is 1.60. The second-order valence-electron chi connectivity index (χ2n) is 3.89. The first-order valence-corrected chi connectivity index (χ1v) is 5.83. The number of carbonyl (C=O) groups is 2. The maximum absolute atomic E-state index is 13.8. The average molecular weight is 252 g/mol. The van der Waals surface area contributed by atoms with Crippen LogP contribution in [0.5, 0.6) is 0 Å². The Hall–Kier alpha value is -1.91. The summed E-state index contributed by atoms with van der Waals surface area (Å²) in [7, 11) is 1.52. The number of nitrogens with zero attached hydrogens (tertiary/aromatic N) is 1. The summed E-state index contributed by atoms with van der Waals surface area (Å²) in [5.41, 5.74) is 0.449. The summed E-state index contributed by atoms with van der Waals surface area (Å²) in [6, 6.07) is 4.30. The molecule has 0 aliphatic rings. The van der Waals surface area contributed by atoms with Gasteiger partial charge in [0.2, 0.25) is 5.91 Å². The number of rotatable bonds is 6. The van der Waals surface area contributed by atoms with Crippen LogP contribution in [0, 0.1) is 5.82 Å². The van der Waals surface area contributed by atoms with Crippen molar-refractivity contribution in [2.45, 2.75) is 13.3 Å². The maximum atomic E-state index is 13.8. The Kier molecular flexibility index (Phi) is 5.30. The third kappa shape index (κ3) is 3.29. The lowest BCUT2D eigenvalue weighted by atomic mass is 10.1. The molecule has 0 bridgehead atoms. The number of likely N-dealkylation sites (N-methyl/N-ethyl adjacent to an activating group) is 1. The molecule has 18 heavy (non-hydrogen) atoms. The highest BCUT2D eigenvalue weighted by atomic mass is 19.1. The van der Waals surface area contributed by atoms with Gasteiger partial charge in [0.1, 0.15) is 5.82 Å². The van der Waals surface area contributed by atoms with Crippen molar-refractivity contribution in [2.24, 2.45) is 0 Å². The number of anilines is 1. The van der Waals surface area contributed by atoms with E-state index in [0.29, 0.717) is 12.8 Å². The van der Waals surface area contributed by atoms with Crippen molar-refractivity contribution >= 4 is 17.9 Å². The third-order valence-electron chi connectivity index (χ3n) is 2.57. The number of para-hydroxylation sites is 1. The average Bonchev–Trinajstić information content (AvgIpc) is 2.37. The van der Waals surface area contributed by atoms with Crippen LogP contribution >= 0.6 is 0 Å². The van der Waals surface area contributed by atoms with E-state index in [2.05, 4.69) is 5.32 Å². The van der Waals surface area contributed by atoms with Gasteiger partial charge in [-0.3, -0.25) is 9.59 Å². The van der Waals surface area contributed by atoms with Crippen LogP contribution in [-0.4, -0.2) is 32.3 Å². The van der Waals surface area contributed by atoms with Crippen molar-refractivity contribution in [3.8, 4) is 0 Å². The first-order chi connectivity index (χ1) is 8.63. The SMILES string of the molecule is CCCN(CC(=O)NC)c1c(F)cccc1C=O. The van der Waals surface area contributed by atoms with Gasteiger partial charge in [0.05, 0.1) is 12.2 Å². The van der Waals surface area contributed by atoms with E-state index >= 15 is 0 Å². The lowest BCUT2D eigenvalue weighted by molar-refractivity contribution is -0.119. The fourth-order valence-corrected chi connectivity index (χ4v) is 1.75. The van der Waals surface area contributed by atoms with Gasteiger partial charge in [-0.15, -0.1) is 0 Å². The fraction of sp³-hybridized carbons (Fsp3) is 0.385. The van der Waals surface area contributed by atoms with Crippen molar-refractivity contribution in [1.82, 2.24) is 5.32 Å². The second kappa shape index (κ2) is 6.74. The monoisotopic (exact) mass is 252 g/mol. The molecule has 98 valence electrons. The van der Waals surface area contributed by atoms with Gasteiger partial charge >= 0.3 is 0 Å². The molecule has 0 heterocycles. The minimum absolute atomic E-state index is 0.0338. The number of halogens is 1. The molecule has 0 radical (unpaired) electrons. The lowest BCUT2D eigenvalue weighted by Crippen LogP contribution is -2.37. The molecular weight excluding hydrogens is 235 g/mol. The quantitative estimate of drug-likeness (QED) is 0.782. The number of hydrogen-bond donors (Lipinski definition) is 1. The van der Waals surface area contributed by atoms with Crippen LogP contribution in [-0.2, 0) is 4.79 Å². The van der Waals surface area contributed by atoms with E-state index in [0.717, 1.165) is 6.42 Å². The summed E-state index contributed by atoms with van der Waals surface area (Å²) in [5.74, 6) is -0.708. The van der Waals surface area contributed by atoms with Crippen LogP contribution in [0.1, 0.15) is 23.7 Å². The number of hydrogen-bond acceptors (Lipinski definition) is 3. The van der Waals surface area contributed by atoms with Gasteiger partial charge in [-0.25, -0.2) is 4.39 Å². The highest BCUT2D eigenvalue weighted by Gasteiger charge is 2.17. The second-order valence-corrected chi connectivity index (χ2v) is 3.89. The Balaban J connectivity index is 3.11. The highest BCUT2D eigenvalue weighted by molar-refractivity contribution is 5.88. The molecule has 0 spiro atoms. The van der Waals surface area contributed by atoms with Gasteiger partial charge in [0, 0.05) is 19.2 Å². The molecule has 1 amide bonds. The topological polar surface area (TPSA) is 49.4 Å². The van der Waals surface area contributed by atoms with Crippen LogP contribution in [0.25, 0.3) is 0 Å². The number of amides is 1. The molecule has 1 N–H and O–H groups in total. The molecule has 0 aliphatic carbocycles. The molecule has 0 fully saturated rings. The van der Waals surface area contributed by atoms with Crippen molar-refractivity contribution < 1.29 is 14.0 Å². The van der Waals surface area contributed by atoms with Crippen molar-refractivity contribution in [3.63, 3.8) is 0 Å². The summed E-state index contributed by atoms with van der Waals surface area (Å²) >= 11 is 0. The normalized spacial score (nSPS) is 9.94. The van der Waals surface area contributed by atoms with Crippen LogP contribution in [0.2, 0.25) is 0 Å². The molecule has 1 aromatic carbocycles. The summed E-state index contributed by atoms with van der Waals surface area (Å²) in [6.45, 7) is 2.47. The summed E-state index contributed by atoms with van der Waals surface area (Å²) < 4.78 is 13.8. The van der Waals surface area contributed by atoms with Crippen LogP contribution in [0.4, 0.5) is 10.1 Å². The zero-order valence-electron chi connectivity index (χ0n) is 10.6.